The van der Waals surface area contributed by atoms with E-state index in [1.807, 2.05) is 31.2 Å². The zero-order valence-corrected chi connectivity index (χ0v) is 17.8. The van der Waals surface area contributed by atoms with Gasteiger partial charge in [-0.15, -0.1) is 0 Å². The van der Waals surface area contributed by atoms with E-state index < -0.39 is 10.0 Å². The Labute approximate surface area is 168 Å². The predicted octanol–water partition coefficient (Wildman–Crippen LogP) is 2.71. The smallest absolute Gasteiger partial charge is 0.240 e. The minimum Gasteiger partial charge on any atom is -0.370 e. The number of likely N-dealkylation sites (N-methyl/N-ethyl adjacent to an activating group) is 1. The first-order valence-electron chi connectivity index (χ1n) is 9.34. The molecule has 152 valence electrons. The highest BCUT2D eigenvalue weighted by Crippen LogP contribution is 2.21. The molecule has 0 aliphatic heterocycles. The summed E-state index contributed by atoms with van der Waals surface area (Å²) in [6.45, 7) is 7.62. The summed E-state index contributed by atoms with van der Waals surface area (Å²) >= 11 is 0. The highest BCUT2D eigenvalue weighted by atomic mass is 32.2. The third kappa shape index (κ3) is 5.73. The largest absolute Gasteiger partial charge is 0.370 e. The van der Waals surface area contributed by atoms with E-state index in [1.54, 1.807) is 12.1 Å². The zero-order chi connectivity index (χ0) is 20.7. The van der Waals surface area contributed by atoms with E-state index in [0.717, 1.165) is 28.4 Å². The van der Waals surface area contributed by atoms with Crippen molar-refractivity contribution in [3.63, 3.8) is 0 Å². The van der Waals surface area contributed by atoms with Gasteiger partial charge in [0.15, 0.2) is 0 Å². The molecule has 2 aromatic rings. The van der Waals surface area contributed by atoms with Crippen molar-refractivity contribution in [3.05, 3.63) is 59.7 Å². The van der Waals surface area contributed by atoms with Crippen molar-refractivity contribution in [2.75, 3.05) is 41.6 Å². The molecule has 0 unspecified atom stereocenters. The van der Waals surface area contributed by atoms with Crippen LogP contribution in [-0.2, 0) is 14.8 Å². The van der Waals surface area contributed by atoms with E-state index in [9.17, 15) is 13.2 Å². The Hall–Kier alpha value is -2.54. The van der Waals surface area contributed by atoms with Crippen molar-refractivity contribution in [3.8, 4) is 0 Å². The highest BCUT2D eigenvalue weighted by molar-refractivity contribution is 7.92. The van der Waals surface area contributed by atoms with Crippen LogP contribution in [0.5, 0.6) is 0 Å². The molecule has 0 saturated carbocycles. The second-order valence-electron chi connectivity index (χ2n) is 6.77. The molecule has 7 heteroatoms. The molecule has 0 bridgehead atoms. The molecule has 6 nitrogen and oxygen atoms in total. The summed E-state index contributed by atoms with van der Waals surface area (Å²) < 4.78 is 25.6. The second-order valence-corrected chi connectivity index (χ2v) is 8.68. The van der Waals surface area contributed by atoms with Gasteiger partial charge in [-0.05, 0) is 44.0 Å². The van der Waals surface area contributed by atoms with E-state index in [2.05, 4.69) is 36.2 Å². The molecule has 0 aromatic heterocycles. The molecular formula is C21H29N3O3S. The SMILES string of the molecule is CCN(CCNC(=O)CN(c1ccccc1C)S(C)(=O)=O)c1ccccc1C. The van der Waals surface area contributed by atoms with E-state index >= 15 is 0 Å². The number of anilines is 2. The van der Waals surface area contributed by atoms with E-state index in [-0.39, 0.29) is 12.5 Å². The summed E-state index contributed by atoms with van der Waals surface area (Å²) in [7, 11) is -3.57. The third-order valence-corrected chi connectivity index (χ3v) is 5.74. The van der Waals surface area contributed by atoms with E-state index in [4.69, 9.17) is 0 Å². The maximum absolute atomic E-state index is 12.4. The van der Waals surface area contributed by atoms with Crippen molar-refractivity contribution in [2.24, 2.45) is 0 Å². The van der Waals surface area contributed by atoms with Gasteiger partial charge in [0.05, 0.1) is 11.9 Å². The summed E-state index contributed by atoms with van der Waals surface area (Å²) in [4.78, 5) is 14.6. The first-order chi connectivity index (χ1) is 13.2. The van der Waals surface area contributed by atoms with Crippen LogP contribution < -0.4 is 14.5 Å². The topological polar surface area (TPSA) is 69.7 Å². The molecule has 0 saturated heterocycles. The molecular weight excluding hydrogens is 374 g/mol. The Morgan fingerprint density at radius 1 is 0.964 bits per heavy atom. The molecule has 1 amide bonds. The fourth-order valence-electron chi connectivity index (χ4n) is 3.11. The fourth-order valence-corrected chi connectivity index (χ4v) is 4.02. The fraction of sp³-hybridized carbons (Fsp3) is 0.381. The number of nitrogens with one attached hydrogen (secondary N) is 1. The van der Waals surface area contributed by atoms with Crippen LogP contribution in [0.2, 0.25) is 0 Å². The van der Waals surface area contributed by atoms with Crippen LogP contribution >= 0.6 is 0 Å². The molecule has 2 aromatic carbocycles. The number of sulfonamides is 1. The van der Waals surface area contributed by atoms with Crippen molar-refractivity contribution >= 4 is 27.3 Å². The quantitative estimate of drug-likeness (QED) is 0.699. The Bertz CT molecular complexity index is 913. The van der Waals surface area contributed by atoms with Gasteiger partial charge in [-0.25, -0.2) is 8.42 Å². The lowest BCUT2D eigenvalue weighted by atomic mass is 10.2. The second kappa shape index (κ2) is 9.59. The van der Waals surface area contributed by atoms with Crippen LogP contribution in [0.15, 0.2) is 48.5 Å². The normalized spacial score (nSPS) is 11.1. The van der Waals surface area contributed by atoms with Crippen LogP contribution in [0, 0.1) is 13.8 Å². The van der Waals surface area contributed by atoms with Gasteiger partial charge in [-0.1, -0.05) is 36.4 Å². The summed E-state index contributed by atoms with van der Waals surface area (Å²) in [6.07, 6.45) is 1.11. The van der Waals surface area contributed by atoms with E-state index in [1.165, 1.54) is 5.56 Å². The average Bonchev–Trinajstić information content (AvgIpc) is 2.64. The summed E-state index contributed by atoms with van der Waals surface area (Å²) in [5.41, 5.74) is 3.64. The van der Waals surface area contributed by atoms with Gasteiger partial charge in [0.25, 0.3) is 0 Å². The predicted molar refractivity (Wildman–Crippen MR) is 115 cm³/mol. The van der Waals surface area contributed by atoms with Crippen LogP contribution in [0.1, 0.15) is 18.1 Å². The summed E-state index contributed by atoms with van der Waals surface area (Å²) in [6, 6.07) is 15.2. The number of rotatable bonds is 9. The first kappa shape index (κ1) is 21.8. The lowest BCUT2D eigenvalue weighted by Crippen LogP contribution is -2.43. The molecule has 0 spiro atoms. The number of hydrogen-bond donors (Lipinski definition) is 1. The molecule has 2 rings (SSSR count). The molecule has 0 aliphatic rings. The number of carbonyl (C=O) groups excluding carboxylic acids is 1. The van der Waals surface area contributed by atoms with Crippen LogP contribution in [0.4, 0.5) is 11.4 Å². The lowest BCUT2D eigenvalue weighted by molar-refractivity contribution is -0.119. The van der Waals surface area contributed by atoms with Gasteiger partial charge < -0.3 is 10.2 Å². The van der Waals surface area contributed by atoms with Gasteiger partial charge >= 0.3 is 0 Å². The molecule has 28 heavy (non-hydrogen) atoms. The monoisotopic (exact) mass is 403 g/mol. The van der Waals surface area contributed by atoms with Crippen LogP contribution in [0.3, 0.4) is 0 Å². The van der Waals surface area contributed by atoms with Gasteiger partial charge in [-0.3, -0.25) is 9.10 Å². The molecule has 0 aliphatic carbocycles. The number of benzene rings is 2. The van der Waals surface area contributed by atoms with Gasteiger partial charge in [0.2, 0.25) is 15.9 Å². The maximum Gasteiger partial charge on any atom is 0.240 e. The first-order valence-corrected chi connectivity index (χ1v) is 11.2. The maximum atomic E-state index is 12.4. The average molecular weight is 404 g/mol. The Morgan fingerprint density at radius 2 is 1.50 bits per heavy atom. The number of para-hydroxylation sites is 2. The van der Waals surface area contributed by atoms with Gasteiger partial charge in [-0.2, -0.15) is 0 Å². The third-order valence-electron chi connectivity index (χ3n) is 4.61. The molecule has 0 fully saturated rings. The number of carbonyl (C=O) groups is 1. The number of aryl methyl sites for hydroxylation is 2. The van der Waals surface area contributed by atoms with Crippen molar-refractivity contribution < 1.29 is 13.2 Å². The Morgan fingerprint density at radius 3 is 2.00 bits per heavy atom. The zero-order valence-electron chi connectivity index (χ0n) is 17.0. The Balaban J connectivity index is 2.00. The van der Waals surface area contributed by atoms with E-state index in [0.29, 0.717) is 18.8 Å². The van der Waals surface area contributed by atoms with Crippen molar-refractivity contribution in [1.29, 1.82) is 0 Å². The summed E-state index contributed by atoms with van der Waals surface area (Å²) in [5.74, 6) is -0.325. The number of nitrogens with zero attached hydrogens (tertiary/aromatic N) is 2. The van der Waals surface area contributed by atoms with Crippen molar-refractivity contribution in [1.82, 2.24) is 5.32 Å². The molecule has 0 atom stereocenters. The number of hydrogen-bond acceptors (Lipinski definition) is 4. The van der Waals surface area contributed by atoms with Gasteiger partial charge in [0, 0.05) is 25.3 Å². The minimum atomic E-state index is -3.57. The Kier molecular flexibility index (Phi) is 7.45. The van der Waals surface area contributed by atoms with Crippen LogP contribution in [0.25, 0.3) is 0 Å². The molecule has 0 radical (unpaired) electrons. The summed E-state index contributed by atoms with van der Waals surface area (Å²) in [5, 5.41) is 2.84. The lowest BCUT2D eigenvalue weighted by Gasteiger charge is -2.26. The molecule has 1 N–H and O–H groups in total. The highest BCUT2D eigenvalue weighted by Gasteiger charge is 2.22. The standard InChI is InChI=1S/C21H29N3O3S/c1-5-23(19-12-8-6-10-17(19)2)15-14-22-21(25)16-24(28(4,26)27)20-13-9-7-11-18(20)3/h6-13H,5,14-16H2,1-4H3,(H,22,25). The van der Waals surface area contributed by atoms with Gasteiger partial charge in [0.1, 0.15) is 6.54 Å². The van der Waals surface area contributed by atoms with Crippen molar-refractivity contribution in [2.45, 2.75) is 20.8 Å². The minimum absolute atomic E-state index is 0.236. The molecule has 0 heterocycles. The number of amides is 1. The van der Waals surface area contributed by atoms with Crippen LogP contribution in [-0.4, -0.2) is 46.8 Å².